The van der Waals surface area contributed by atoms with E-state index in [0.29, 0.717) is 25.4 Å². The quantitative estimate of drug-likeness (QED) is 0.919. The van der Waals surface area contributed by atoms with Gasteiger partial charge >= 0.3 is 0 Å². The van der Waals surface area contributed by atoms with Crippen LogP contribution in [0.1, 0.15) is 5.56 Å². The van der Waals surface area contributed by atoms with Gasteiger partial charge in [-0.2, -0.15) is 5.48 Å². The number of rotatable bonds is 3. The fraction of sp³-hybridized carbons (Fsp3) is 0.538. The lowest BCUT2D eigenvalue weighted by Gasteiger charge is -2.27. The SMILES string of the molecule is COC[C@H]1OC[C@]2(c3cc(Br)ccc3F)NOCC12. The van der Waals surface area contributed by atoms with Crippen LogP contribution in [0.3, 0.4) is 0 Å². The van der Waals surface area contributed by atoms with E-state index in [4.69, 9.17) is 14.3 Å². The van der Waals surface area contributed by atoms with Gasteiger partial charge in [0.2, 0.25) is 0 Å². The van der Waals surface area contributed by atoms with Crippen molar-refractivity contribution in [2.24, 2.45) is 5.92 Å². The highest BCUT2D eigenvalue weighted by atomic mass is 79.9. The van der Waals surface area contributed by atoms with Gasteiger partial charge in [-0.3, -0.25) is 0 Å². The van der Waals surface area contributed by atoms with Crippen LogP contribution >= 0.6 is 15.9 Å². The average molecular weight is 332 g/mol. The number of benzene rings is 1. The van der Waals surface area contributed by atoms with E-state index in [1.165, 1.54) is 6.07 Å². The molecular formula is C13H15BrFNO3. The summed E-state index contributed by atoms with van der Waals surface area (Å²) in [6.07, 6.45) is -0.0848. The summed E-state index contributed by atoms with van der Waals surface area (Å²) in [5.74, 6) is -0.218. The van der Waals surface area contributed by atoms with Gasteiger partial charge in [-0.05, 0) is 18.2 Å². The zero-order valence-electron chi connectivity index (χ0n) is 10.5. The third-order valence-corrected chi connectivity index (χ3v) is 4.36. The van der Waals surface area contributed by atoms with E-state index in [2.05, 4.69) is 21.4 Å². The Labute approximate surface area is 119 Å². The molecule has 0 radical (unpaired) electrons. The average Bonchev–Trinajstić information content (AvgIpc) is 2.94. The minimum Gasteiger partial charge on any atom is -0.382 e. The van der Waals surface area contributed by atoms with Crippen molar-refractivity contribution >= 4 is 15.9 Å². The normalized spacial score (nSPS) is 33.6. The van der Waals surface area contributed by atoms with Gasteiger partial charge in [0.05, 0.1) is 25.9 Å². The third-order valence-electron chi connectivity index (χ3n) is 3.86. The van der Waals surface area contributed by atoms with Crippen LogP contribution in [-0.2, 0) is 19.9 Å². The molecular weight excluding hydrogens is 317 g/mol. The van der Waals surface area contributed by atoms with Gasteiger partial charge in [0.15, 0.2) is 0 Å². The second-order valence-corrected chi connectivity index (χ2v) is 5.84. The predicted octanol–water partition coefficient (Wildman–Crippen LogP) is 1.98. The van der Waals surface area contributed by atoms with Gasteiger partial charge in [0.1, 0.15) is 11.4 Å². The van der Waals surface area contributed by atoms with Gasteiger partial charge in [-0.15, -0.1) is 0 Å². The van der Waals surface area contributed by atoms with Crippen molar-refractivity contribution in [2.75, 3.05) is 26.9 Å². The molecule has 0 saturated carbocycles. The predicted molar refractivity (Wildman–Crippen MR) is 70.0 cm³/mol. The first-order chi connectivity index (χ1) is 9.17. The van der Waals surface area contributed by atoms with Crippen LogP contribution in [-0.4, -0.2) is 33.0 Å². The van der Waals surface area contributed by atoms with E-state index < -0.39 is 5.54 Å². The molecule has 0 aromatic heterocycles. The van der Waals surface area contributed by atoms with Gasteiger partial charge in [0, 0.05) is 23.1 Å². The lowest BCUT2D eigenvalue weighted by atomic mass is 9.79. The lowest BCUT2D eigenvalue weighted by Crippen LogP contribution is -2.43. The molecule has 1 aromatic carbocycles. The molecule has 19 heavy (non-hydrogen) atoms. The van der Waals surface area contributed by atoms with Crippen molar-refractivity contribution in [3.05, 3.63) is 34.1 Å². The molecule has 2 fully saturated rings. The molecule has 0 amide bonds. The van der Waals surface area contributed by atoms with Crippen LogP contribution in [0.25, 0.3) is 0 Å². The second kappa shape index (κ2) is 5.10. The van der Waals surface area contributed by atoms with Crippen molar-refractivity contribution in [3.8, 4) is 0 Å². The zero-order chi connectivity index (χ0) is 13.5. The Kier molecular flexibility index (Phi) is 3.61. The molecule has 0 aliphatic carbocycles. The van der Waals surface area contributed by atoms with Gasteiger partial charge < -0.3 is 14.3 Å². The Morgan fingerprint density at radius 3 is 3.21 bits per heavy atom. The monoisotopic (exact) mass is 331 g/mol. The fourth-order valence-electron chi connectivity index (χ4n) is 2.89. The summed E-state index contributed by atoms with van der Waals surface area (Å²) in [6.45, 7) is 1.34. The smallest absolute Gasteiger partial charge is 0.128 e. The molecule has 4 nitrogen and oxygen atoms in total. The topological polar surface area (TPSA) is 39.7 Å². The standard InChI is InChI=1S/C13H15BrFNO3/c1-17-6-12-10-5-19-16-13(10,7-18-12)9-4-8(14)2-3-11(9)15/h2-4,10,12,16H,5-7H2,1H3/t10?,12-,13-/m1/s1. The molecule has 0 bridgehead atoms. The summed E-state index contributed by atoms with van der Waals surface area (Å²) in [4.78, 5) is 5.37. The number of ether oxygens (including phenoxy) is 2. The highest BCUT2D eigenvalue weighted by molar-refractivity contribution is 9.10. The molecule has 1 N–H and O–H groups in total. The summed E-state index contributed by atoms with van der Waals surface area (Å²) in [5, 5.41) is 0. The van der Waals surface area contributed by atoms with Crippen LogP contribution in [0.5, 0.6) is 0 Å². The second-order valence-electron chi connectivity index (χ2n) is 4.92. The minimum atomic E-state index is -0.628. The Morgan fingerprint density at radius 2 is 2.42 bits per heavy atom. The summed E-state index contributed by atoms with van der Waals surface area (Å²) in [7, 11) is 1.63. The summed E-state index contributed by atoms with van der Waals surface area (Å²) in [5.41, 5.74) is 2.91. The van der Waals surface area contributed by atoms with E-state index in [-0.39, 0.29) is 17.8 Å². The van der Waals surface area contributed by atoms with Crippen molar-refractivity contribution in [3.63, 3.8) is 0 Å². The lowest BCUT2D eigenvalue weighted by molar-refractivity contribution is -0.0207. The summed E-state index contributed by atoms with van der Waals surface area (Å²) >= 11 is 3.38. The molecule has 3 atom stereocenters. The van der Waals surface area contributed by atoms with Crippen LogP contribution in [0.4, 0.5) is 4.39 Å². The van der Waals surface area contributed by atoms with Gasteiger partial charge in [-0.1, -0.05) is 15.9 Å². The van der Waals surface area contributed by atoms with E-state index in [0.717, 1.165) is 4.47 Å². The molecule has 2 heterocycles. The highest BCUT2D eigenvalue weighted by Gasteiger charge is 2.56. The van der Waals surface area contributed by atoms with E-state index >= 15 is 0 Å². The van der Waals surface area contributed by atoms with Crippen molar-refractivity contribution in [1.29, 1.82) is 0 Å². The molecule has 6 heteroatoms. The summed E-state index contributed by atoms with van der Waals surface area (Å²) < 4.78 is 25.9. The molecule has 2 saturated heterocycles. The number of nitrogens with one attached hydrogen (secondary N) is 1. The number of halogens is 2. The Balaban J connectivity index is 2.00. The van der Waals surface area contributed by atoms with Crippen molar-refractivity contribution in [1.82, 2.24) is 5.48 Å². The molecule has 104 valence electrons. The van der Waals surface area contributed by atoms with Crippen LogP contribution in [0.2, 0.25) is 0 Å². The van der Waals surface area contributed by atoms with Gasteiger partial charge in [0.25, 0.3) is 0 Å². The number of hydrogen-bond donors (Lipinski definition) is 1. The van der Waals surface area contributed by atoms with Crippen molar-refractivity contribution < 1.29 is 18.7 Å². The molecule has 2 aliphatic heterocycles. The Hall–Kier alpha value is -0.530. The largest absolute Gasteiger partial charge is 0.382 e. The molecule has 3 rings (SSSR count). The Morgan fingerprint density at radius 1 is 1.58 bits per heavy atom. The first-order valence-electron chi connectivity index (χ1n) is 6.12. The van der Waals surface area contributed by atoms with Crippen LogP contribution in [0, 0.1) is 11.7 Å². The molecule has 0 spiro atoms. The molecule has 1 unspecified atom stereocenters. The van der Waals surface area contributed by atoms with Crippen molar-refractivity contribution in [2.45, 2.75) is 11.6 Å². The minimum absolute atomic E-state index is 0.0382. The van der Waals surface area contributed by atoms with E-state index in [1.807, 2.05) is 0 Å². The molecule has 1 aromatic rings. The van der Waals surface area contributed by atoms with Crippen LogP contribution < -0.4 is 5.48 Å². The Bertz CT molecular complexity index is 487. The number of hydrogen-bond acceptors (Lipinski definition) is 4. The van der Waals surface area contributed by atoms with E-state index in [9.17, 15) is 4.39 Å². The fourth-order valence-corrected chi connectivity index (χ4v) is 3.26. The number of fused-ring (bicyclic) bond motifs is 1. The first-order valence-corrected chi connectivity index (χ1v) is 6.92. The number of hydroxylamine groups is 1. The maximum absolute atomic E-state index is 14.2. The maximum Gasteiger partial charge on any atom is 0.128 e. The van der Waals surface area contributed by atoms with E-state index in [1.54, 1.807) is 19.2 Å². The number of methoxy groups -OCH3 is 1. The maximum atomic E-state index is 14.2. The zero-order valence-corrected chi connectivity index (χ0v) is 12.1. The van der Waals surface area contributed by atoms with Crippen LogP contribution in [0.15, 0.2) is 22.7 Å². The summed E-state index contributed by atoms with van der Waals surface area (Å²) in [6, 6.07) is 4.92. The highest BCUT2D eigenvalue weighted by Crippen LogP contribution is 2.44. The third kappa shape index (κ3) is 2.11. The van der Waals surface area contributed by atoms with Gasteiger partial charge in [-0.25, -0.2) is 4.39 Å². The first kappa shape index (κ1) is 13.5. The molecule has 2 aliphatic rings.